The van der Waals surface area contributed by atoms with Gasteiger partial charge in [0.2, 0.25) is 0 Å². The molecule has 2 aromatic rings. The fourth-order valence-corrected chi connectivity index (χ4v) is 2.27. The van der Waals surface area contributed by atoms with Crippen molar-refractivity contribution in [1.29, 1.82) is 0 Å². The van der Waals surface area contributed by atoms with Crippen LogP contribution >= 0.6 is 22.9 Å². The number of nitrogens with one attached hydrogen (secondary N) is 1. The maximum Gasteiger partial charge on any atom is 0.266 e. The second kappa shape index (κ2) is 6.04. The van der Waals surface area contributed by atoms with Crippen molar-refractivity contribution in [3.63, 3.8) is 0 Å². The number of anilines is 1. The molecule has 0 bridgehead atoms. The molecule has 0 aliphatic heterocycles. The molecule has 1 N–H and O–H groups in total. The zero-order chi connectivity index (χ0) is 13.8. The van der Waals surface area contributed by atoms with Crippen LogP contribution in [0.2, 0.25) is 5.02 Å². The van der Waals surface area contributed by atoms with Gasteiger partial charge in [-0.05, 0) is 32.0 Å². The molecule has 0 aliphatic rings. The van der Waals surface area contributed by atoms with Crippen LogP contribution in [0.15, 0.2) is 30.5 Å². The number of rotatable bonds is 4. The maximum absolute atomic E-state index is 11.9. The number of ether oxygens (including phenoxy) is 1. The molecule has 1 aromatic heterocycles. The standard InChI is InChI=1S/C13H13ClN2O2S/c1-8-7-15-13(19-8)16-12(17)9(2)18-11-5-3-4-10(14)6-11/h3-7,9H,1-2H3,(H,15,16,17)/t9-/m1/s1. The highest BCUT2D eigenvalue weighted by atomic mass is 35.5. The van der Waals surface area contributed by atoms with Gasteiger partial charge < -0.3 is 4.74 Å². The van der Waals surface area contributed by atoms with Crippen LogP contribution in [-0.2, 0) is 4.79 Å². The molecule has 0 spiro atoms. The quantitative estimate of drug-likeness (QED) is 0.939. The lowest BCUT2D eigenvalue weighted by Gasteiger charge is -2.13. The molecular weight excluding hydrogens is 284 g/mol. The van der Waals surface area contributed by atoms with Crippen LogP contribution in [0.4, 0.5) is 5.13 Å². The largest absolute Gasteiger partial charge is 0.481 e. The number of hydrogen-bond acceptors (Lipinski definition) is 4. The lowest BCUT2D eigenvalue weighted by Crippen LogP contribution is -2.30. The van der Waals surface area contributed by atoms with Crippen molar-refractivity contribution < 1.29 is 9.53 Å². The van der Waals surface area contributed by atoms with Gasteiger partial charge in [-0.3, -0.25) is 10.1 Å². The van der Waals surface area contributed by atoms with Gasteiger partial charge in [-0.1, -0.05) is 17.7 Å². The monoisotopic (exact) mass is 296 g/mol. The summed E-state index contributed by atoms with van der Waals surface area (Å²) in [6, 6.07) is 6.94. The Hall–Kier alpha value is -1.59. The van der Waals surface area contributed by atoms with Gasteiger partial charge >= 0.3 is 0 Å². The van der Waals surface area contributed by atoms with Crippen molar-refractivity contribution in [2.45, 2.75) is 20.0 Å². The van der Waals surface area contributed by atoms with E-state index in [1.807, 2.05) is 6.92 Å². The number of hydrogen-bond donors (Lipinski definition) is 1. The van der Waals surface area contributed by atoms with Gasteiger partial charge in [0.15, 0.2) is 11.2 Å². The Morgan fingerprint density at radius 2 is 2.32 bits per heavy atom. The molecule has 0 unspecified atom stereocenters. The van der Waals surface area contributed by atoms with E-state index in [0.29, 0.717) is 15.9 Å². The van der Waals surface area contributed by atoms with E-state index in [4.69, 9.17) is 16.3 Å². The van der Waals surface area contributed by atoms with Crippen molar-refractivity contribution >= 4 is 34.0 Å². The first kappa shape index (κ1) is 13.8. The Balaban J connectivity index is 1.96. The van der Waals surface area contributed by atoms with Gasteiger partial charge in [-0.15, -0.1) is 11.3 Å². The van der Waals surface area contributed by atoms with Gasteiger partial charge in [0, 0.05) is 16.1 Å². The highest BCUT2D eigenvalue weighted by Crippen LogP contribution is 2.20. The Kier molecular flexibility index (Phi) is 4.39. The first-order chi connectivity index (χ1) is 9.04. The number of amides is 1. The van der Waals surface area contributed by atoms with Crippen LogP contribution in [0.5, 0.6) is 5.75 Å². The smallest absolute Gasteiger partial charge is 0.266 e. The van der Waals surface area contributed by atoms with Crippen LogP contribution in [-0.4, -0.2) is 17.0 Å². The minimum Gasteiger partial charge on any atom is -0.481 e. The summed E-state index contributed by atoms with van der Waals surface area (Å²) >= 11 is 7.27. The number of aromatic nitrogens is 1. The Labute approximate surface area is 120 Å². The van der Waals surface area contributed by atoms with Gasteiger partial charge in [0.25, 0.3) is 5.91 Å². The number of carbonyl (C=O) groups excluding carboxylic acids is 1. The third-order valence-corrected chi connectivity index (χ3v) is 3.39. The Morgan fingerprint density at radius 1 is 1.53 bits per heavy atom. The minimum atomic E-state index is -0.623. The molecule has 2 rings (SSSR count). The van der Waals surface area contributed by atoms with Gasteiger partial charge in [0.1, 0.15) is 5.75 Å². The molecule has 0 fully saturated rings. The van der Waals surface area contributed by atoms with Crippen molar-refractivity contribution in [2.24, 2.45) is 0 Å². The zero-order valence-corrected chi connectivity index (χ0v) is 12.1. The second-order valence-corrected chi connectivity index (χ2v) is 5.65. The number of nitrogens with zero attached hydrogens (tertiary/aromatic N) is 1. The number of benzene rings is 1. The number of aryl methyl sites for hydroxylation is 1. The summed E-state index contributed by atoms with van der Waals surface area (Å²) in [6.45, 7) is 3.61. The zero-order valence-electron chi connectivity index (χ0n) is 10.5. The summed E-state index contributed by atoms with van der Waals surface area (Å²) < 4.78 is 5.52. The number of thiazole rings is 1. The summed E-state index contributed by atoms with van der Waals surface area (Å²) in [5.41, 5.74) is 0. The van der Waals surface area contributed by atoms with Crippen LogP contribution in [0, 0.1) is 6.92 Å². The van der Waals surface area contributed by atoms with E-state index < -0.39 is 6.10 Å². The Morgan fingerprint density at radius 3 is 2.95 bits per heavy atom. The molecule has 0 saturated carbocycles. The van der Waals surface area contributed by atoms with Crippen molar-refractivity contribution in [3.8, 4) is 5.75 Å². The van der Waals surface area contributed by atoms with Crippen LogP contribution in [0.25, 0.3) is 0 Å². The Bertz CT molecular complexity index is 586. The SMILES string of the molecule is Cc1cnc(NC(=O)[C@@H](C)Oc2cccc(Cl)c2)s1. The highest BCUT2D eigenvalue weighted by Gasteiger charge is 2.16. The summed E-state index contributed by atoms with van der Waals surface area (Å²) in [7, 11) is 0. The fraction of sp³-hybridized carbons (Fsp3) is 0.231. The fourth-order valence-electron chi connectivity index (χ4n) is 1.42. The van der Waals surface area contributed by atoms with E-state index in [1.54, 1.807) is 37.4 Å². The maximum atomic E-state index is 11.9. The second-order valence-electron chi connectivity index (χ2n) is 3.98. The predicted molar refractivity (Wildman–Crippen MR) is 77.0 cm³/mol. The van der Waals surface area contributed by atoms with Crippen molar-refractivity contribution in [3.05, 3.63) is 40.4 Å². The van der Waals surface area contributed by atoms with Crippen LogP contribution in [0.1, 0.15) is 11.8 Å². The molecule has 4 nitrogen and oxygen atoms in total. The van der Waals surface area contributed by atoms with Gasteiger partial charge in [-0.25, -0.2) is 4.98 Å². The number of carbonyl (C=O) groups is 1. The summed E-state index contributed by atoms with van der Waals surface area (Å²) in [6.07, 6.45) is 1.09. The molecule has 1 amide bonds. The molecule has 0 aliphatic carbocycles. The van der Waals surface area contributed by atoms with Crippen molar-refractivity contribution in [1.82, 2.24) is 4.98 Å². The lowest BCUT2D eigenvalue weighted by molar-refractivity contribution is -0.122. The molecule has 1 atom stereocenters. The first-order valence-electron chi connectivity index (χ1n) is 5.70. The molecule has 19 heavy (non-hydrogen) atoms. The predicted octanol–water partition coefficient (Wildman–Crippen LogP) is 3.51. The third kappa shape index (κ3) is 3.94. The van der Waals surface area contributed by atoms with E-state index in [2.05, 4.69) is 10.3 Å². The molecule has 0 radical (unpaired) electrons. The minimum absolute atomic E-state index is 0.241. The normalized spacial score (nSPS) is 11.9. The summed E-state index contributed by atoms with van der Waals surface area (Å²) in [4.78, 5) is 17.0. The van der Waals surface area contributed by atoms with E-state index in [-0.39, 0.29) is 5.91 Å². The molecule has 1 aromatic carbocycles. The highest BCUT2D eigenvalue weighted by molar-refractivity contribution is 7.15. The average Bonchev–Trinajstić information content (AvgIpc) is 2.74. The summed E-state index contributed by atoms with van der Waals surface area (Å²) in [5.74, 6) is 0.319. The van der Waals surface area contributed by atoms with Crippen molar-refractivity contribution in [2.75, 3.05) is 5.32 Å². The van der Waals surface area contributed by atoms with E-state index in [0.717, 1.165) is 4.88 Å². The van der Waals surface area contributed by atoms with Crippen LogP contribution in [0.3, 0.4) is 0 Å². The molecule has 6 heteroatoms. The molecule has 0 saturated heterocycles. The van der Waals surface area contributed by atoms with E-state index in [1.165, 1.54) is 11.3 Å². The molecule has 100 valence electrons. The van der Waals surface area contributed by atoms with E-state index >= 15 is 0 Å². The molecule has 1 heterocycles. The third-order valence-electron chi connectivity index (χ3n) is 2.33. The topological polar surface area (TPSA) is 51.2 Å². The number of halogens is 1. The van der Waals surface area contributed by atoms with Crippen LogP contribution < -0.4 is 10.1 Å². The van der Waals surface area contributed by atoms with Gasteiger partial charge in [-0.2, -0.15) is 0 Å². The first-order valence-corrected chi connectivity index (χ1v) is 6.89. The van der Waals surface area contributed by atoms with Gasteiger partial charge in [0.05, 0.1) is 0 Å². The summed E-state index contributed by atoms with van der Waals surface area (Å²) in [5, 5.41) is 3.85. The lowest BCUT2D eigenvalue weighted by atomic mass is 10.3. The average molecular weight is 297 g/mol. The molecular formula is C13H13ClN2O2S. The van der Waals surface area contributed by atoms with E-state index in [9.17, 15) is 4.79 Å².